The molecule has 0 N–H and O–H groups in total. The van der Waals surface area contributed by atoms with Crippen molar-refractivity contribution in [1.82, 2.24) is 0 Å². The molecule has 0 aliphatic heterocycles. The van der Waals surface area contributed by atoms with Crippen LogP contribution in [-0.4, -0.2) is 9.52 Å². The molecule has 0 aliphatic carbocycles. The van der Waals surface area contributed by atoms with Crippen LogP contribution in [0, 0.1) is 27.7 Å². The van der Waals surface area contributed by atoms with E-state index in [0.717, 1.165) is 35.2 Å². The molecule has 6 aromatic carbocycles. The van der Waals surface area contributed by atoms with Crippen molar-refractivity contribution in [2.24, 2.45) is 0 Å². The average molecular weight is 799 g/mol. The van der Waals surface area contributed by atoms with Gasteiger partial charge >= 0.3 is 37.9 Å². The van der Waals surface area contributed by atoms with Gasteiger partial charge in [0.2, 0.25) is 0 Å². The Bertz CT molecular complexity index is 1760. The minimum atomic E-state index is -0.826. The zero-order valence-electron chi connectivity index (χ0n) is 32.1. The van der Waals surface area contributed by atoms with E-state index in [2.05, 4.69) is 153 Å². The van der Waals surface area contributed by atoms with Crippen molar-refractivity contribution in [3.8, 4) is 22.3 Å². The summed E-state index contributed by atoms with van der Waals surface area (Å²) in [5, 5.41) is 5.61. The molecule has 0 nitrogen and oxygen atoms in total. The Morgan fingerprint density at radius 3 is 1.14 bits per heavy atom. The molecule has 0 saturated carbocycles. The van der Waals surface area contributed by atoms with Crippen molar-refractivity contribution >= 4 is 48.1 Å². The van der Waals surface area contributed by atoms with Crippen LogP contribution in [0.3, 0.4) is 0 Å². The van der Waals surface area contributed by atoms with Gasteiger partial charge in [-0.1, -0.05) is 135 Å². The van der Waals surface area contributed by atoms with Gasteiger partial charge in [0, 0.05) is 9.52 Å². The molecule has 0 fully saturated rings. The molecule has 4 heteroatoms. The van der Waals surface area contributed by atoms with E-state index >= 15 is 0 Å². The van der Waals surface area contributed by atoms with Gasteiger partial charge in [0.25, 0.3) is 0 Å². The molecule has 262 valence electrons. The maximum absolute atomic E-state index is 4.93. The van der Waals surface area contributed by atoms with Crippen LogP contribution < -0.4 is 0 Å². The van der Waals surface area contributed by atoms with E-state index in [-0.39, 0.29) is 0 Å². The first kappa shape index (κ1) is 42.2. The number of hydrogen-bond donors (Lipinski definition) is 0. The first-order valence-electron chi connectivity index (χ1n) is 18.2. The van der Waals surface area contributed by atoms with Crippen molar-refractivity contribution in [2.75, 3.05) is 0 Å². The summed E-state index contributed by atoms with van der Waals surface area (Å²) in [6, 6.07) is 32.6. The summed E-state index contributed by atoms with van der Waals surface area (Å²) >= 11 is -0.826. The Labute approximate surface area is 325 Å². The average Bonchev–Trinajstić information content (AvgIpc) is 3.69. The van der Waals surface area contributed by atoms with Gasteiger partial charge in [0.15, 0.2) is 0 Å². The van der Waals surface area contributed by atoms with Crippen molar-refractivity contribution < 1.29 is 20.8 Å². The van der Waals surface area contributed by atoms with Crippen LogP contribution in [-0.2, 0) is 46.5 Å². The molecular formula is C46H56Cl2SiZr. The molecule has 6 aromatic rings. The fourth-order valence-electron chi connectivity index (χ4n) is 7.06. The monoisotopic (exact) mass is 796 g/mol. The Morgan fingerprint density at radius 2 is 0.860 bits per heavy atom. The molecule has 2 radical (unpaired) electrons. The predicted octanol–water partition coefficient (Wildman–Crippen LogP) is 14.9. The van der Waals surface area contributed by atoms with Gasteiger partial charge < -0.3 is 0 Å². The second kappa shape index (κ2) is 21.3. The van der Waals surface area contributed by atoms with Crippen LogP contribution in [0.5, 0.6) is 0 Å². The predicted molar refractivity (Wildman–Crippen MR) is 225 cm³/mol. The van der Waals surface area contributed by atoms with Crippen molar-refractivity contribution in [3.63, 3.8) is 0 Å². The summed E-state index contributed by atoms with van der Waals surface area (Å²) < 4.78 is 0. The zero-order chi connectivity index (χ0) is 36.8. The summed E-state index contributed by atoms with van der Waals surface area (Å²) in [4.78, 5) is 0. The third-order valence-corrected chi connectivity index (χ3v) is 8.95. The molecule has 0 spiro atoms. The third-order valence-electron chi connectivity index (χ3n) is 8.95. The first-order chi connectivity index (χ1) is 24.1. The standard InChI is InChI=1S/2C22H25.C2H6Si.2ClH.Zr/c2*1-5-7-18-8-9-19-13-17(6-2)14-21(19)22(18)20-11-15(3)10-16(4)12-20;1-3-2;;;/h2*8-14H,5-7H2,1-4H3;1-2H3;2*1H;/q2*-1;;;;+4/p-2. The number of aryl methyl sites for hydroxylation is 8. The molecule has 0 heterocycles. The summed E-state index contributed by atoms with van der Waals surface area (Å²) in [7, 11) is 11.0. The van der Waals surface area contributed by atoms with Gasteiger partial charge in [-0.2, -0.15) is 12.1 Å². The van der Waals surface area contributed by atoms with Gasteiger partial charge in [-0.15, -0.1) is 69.1 Å². The third kappa shape index (κ3) is 11.4. The van der Waals surface area contributed by atoms with Crippen molar-refractivity contribution in [3.05, 3.63) is 129 Å². The Balaban J connectivity index is 0.000000234. The Kier molecular flexibility index (Phi) is 18.0. The van der Waals surface area contributed by atoms with E-state index in [9.17, 15) is 0 Å². The van der Waals surface area contributed by atoms with Crippen LogP contribution in [0.4, 0.5) is 0 Å². The van der Waals surface area contributed by atoms with Crippen LogP contribution >= 0.6 is 17.0 Å². The second-order valence-electron chi connectivity index (χ2n) is 13.5. The fraction of sp³-hybridized carbons (Fsp3) is 0.348. The summed E-state index contributed by atoms with van der Waals surface area (Å²) in [6.45, 7) is 22.1. The van der Waals surface area contributed by atoms with Gasteiger partial charge in [-0.25, -0.2) is 0 Å². The van der Waals surface area contributed by atoms with Crippen LogP contribution in [0.2, 0.25) is 13.1 Å². The SMILES string of the molecule is CCCc1ccc2[cH-]c(CC)cc2c1-c1cc(C)cc(C)c1.CCCc1ccc2[cH-]c(CC)cc2c1-c1cc(C)cc(C)c1.C[Si]C.[Cl][Zr+2][Cl]. The number of fused-ring (bicyclic) bond motifs is 2. The molecule has 0 saturated heterocycles. The first-order valence-corrected chi connectivity index (χ1v) is 26.5. The molecule has 0 unspecified atom stereocenters. The van der Waals surface area contributed by atoms with Gasteiger partial charge in [0.05, 0.1) is 0 Å². The number of rotatable bonds is 8. The van der Waals surface area contributed by atoms with Crippen molar-refractivity contribution in [1.29, 1.82) is 0 Å². The number of benzene rings is 4. The quantitative estimate of drug-likeness (QED) is 0.106. The normalized spacial score (nSPS) is 10.5. The van der Waals surface area contributed by atoms with E-state index < -0.39 is 20.8 Å². The van der Waals surface area contributed by atoms with Crippen molar-refractivity contribution in [2.45, 2.75) is 107 Å². The Morgan fingerprint density at radius 1 is 0.540 bits per heavy atom. The topological polar surface area (TPSA) is 0 Å². The maximum atomic E-state index is 4.93. The van der Waals surface area contributed by atoms with Gasteiger partial charge in [-0.3, -0.25) is 0 Å². The van der Waals surface area contributed by atoms with Gasteiger partial charge in [0.1, 0.15) is 0 Å². The van der Waals surface area contributed by atoms with E-state index in [1.165, 1.54) is 101 Å². The molecular weight excluding hydrogens is 743 g/mol. The van der Waals surface area contributed by atoms with Crippen LogP contribution in [0.15, 0.2) is 84.9 Å². The second-order valence-corrected chi connectivity index (χ2v) is 18.2. The summed E-state index contributed by atoms with van der Waals surface area (Å²) in [5.41, 5.74) is 16.9. The molecule has 0 bridgehead atoms. The molecule has 0 atom stereocenters. The van der Waals surface area contributed by atoms with Crippen LogP contribution in [0.25, 0.3) is 43.8 Å². The minimum absolute atomic E-state index is 0.826. The Hall–Kier alpha value is -2.22. The zero-order valence-corrected chi connectivity index (χ0v) is 37.1. The van der Waals surface area contributed by atoms with Gasteiger partial charge in [-0.05, 0) is 64.5 Å². The van der Waals surface area contributed by atoms with E-state index in [4.69, 9.17) is 17.0 Å². The molecule has 0 amide bonds. The number of halogens is 2. The molecule has 0 aliphatic rings. The molecule has 50 heavy (non-hydrogen) atoms. The number of hydrogen-bond acceptors (Lipinski definition) is 0. The van der Waals surface area contributed by atoms with E-state index in [1.54, 1.807) is 0 Å². The molecule has 0 aromatic heterocycles. The van der Waals surface area contributed by atoms with E-state index in [1.807, 2.05) is 0 Å². The summed E-state index contributed by atoms with van der Waals surface area (Å²) in [5.74, 6) is 0. The van der Waals surface area contributed by atoms with E-state index in [0.29, 0.717) is 0 Å². The van der Waals surface area contributed by atoms with Crippen LogP contribution in [0.1, 0.15) is 85.0 Å². The fourth-order valence-corrected chi connectivity index (χ4v) is 7.06. The molecule has 6 rings (SSSR count). The summed E-state index contributed by atoms with van der Waals surface area (Å²) in [6.07, 6.45) is 6.86.